The van der Waals surface area contributed by atoms with Crippen LogP contribution < -0.4 is 0 Å². The molecule has 0 unspecified atom stereocenters. The fourth-order valence-electron chi connectivity index (χ4n) is 0.863. The molecule has 0 amide bonds. The second-order valence-corrected chi connectivity index (χ2v) is 3.21. The molecule has 0 heterocycles. The molecule has 0 aromatic heterocycles. The second kappa shape index (κ2) is 3.59. The van der Waals surface area contributed by atoms with Gasteiger partial charge in [-0.1, -0.05) is 30.7 Å². The summed E-state index contributed by atoms with van der Waals surface area (Å²) >= 11 is 2.22. The van der Waals surface area contributed by atoms with Crippen LogP contribution in [0.2, 0.25) is 0 Å². The number of benzene rings is 1. The Morgan fingerprint density at radius 3 is 2.73 bits per heavy atom. The normalized spacial score (nSPS) is 8.73. The van der Waals surface area contributed by atoms with Crippen LogP contribution in [0.15, 0.2) is 24.8 Å². The highest BCUT2D eigenvalue weighted by atomic mass is 127. The minimum absolute atomic E-state index is 0.933. The molecular weight excluding hydrogens is 247 g/mol. The Hall–Kier alpha value is -0.750. The Balaban J connectivity index is 3.38. The molecule has 0 aliphatic rings. The van der Waals surface area contributed by atoms with Crippen molar-refractivity contribution in [3.8, 4) is 12.3 Å². The van der Waals surface area contributed by atoms with Gasteiger partial charge in [-0.15, -0.1) is 6.42 Å². The van der Waals surface area contributed by atoms with Crippen LogP contribution in [0.4, 0.5) is 0 Å². The lowest BCUT2D eigenvalue weighted by molar-refractivity contribution is 1.55. The maximum Gasteiger partial charge on any atom is 0.0448 e. The zero-order valence-corrected chi connectivity index (χ0v) is 8.13. The zero-order chi connectivity index (χ0) is 8.27. The first-order chi connectivity index (χ1) is 5.29. The molecule has 0 saturated heterocycles. The van der Waals surface area contributed by atoms with Crippen molar-refractivity contribution < 1.29 is 0 Å². The largest absolute Gasteiger partial charge is 0.115 e. The predicted octanol–water partition coefficient (Wildman–Crippen LogP) is 2.92. The molecule has 0 nitrogen and oxygen atoms in total. The second-order valence-electron chi connectivity index (χ2n) is 2.05. The van der Waals surface area contributed by atoms with Crippen LogP contribution in [0, 0.1) is 15.9 Å². The van der Waals surface area contributed by atoms with Crippen molar-refractivity contribution in [3.05, 3.63) is 39.5 Å². The van der Waals surface area contributed by atoms with Crippen LogP contribution in [0.25, 0.3) is 6.08 Å². The van der Waals surface area contributed by atoms with E-state index in [4.69, 9.17) is 6.42 Å². The van der Waals surface area contributed by atoms with Gasteiger partial charge in [0.2, 0.25) is 0 Å². The topological polar surface area (TPSA) is 0 Å². The van der Waals surface area contributed by atoms with Gasteiger partial charge < -0.3 is 0 Å². The zero-order valence-electron chi connectivity index (χ0n) is 5.97. The molecule has 0 spiro atoms. The van der Waals surface area contributed by atoms with Crippen LogP contribution in [-0.2, 0) is 0 Å². The predicted molar refractivity (Wildman–Crippen MR) is 57.2 cm³/mol. The third-order valence-corrected chi connectivity index (χ3v) is 2.31. The van der Waals surface area contributed by atoms with Gasteiger partial charge in [-0.3, -0.25) is 0 Å². The molecule has 1 aromatic rings. The molecule has 54 valence electrons. The summed E-state index contributed by atoms with van der Waals surface area (Å²) in [7, 11) is 0. The Labute approximate surface area is 80.5 Å². The summed E-state index contributed by atoms with van der Waals surface area (Å²) in [6.07, 6.45) is 7.10. The summed E-state index contributed by atoms with van der Waals surface area (Å²) in [5.74, 6) is 2.64. The summed E-state index contributed by atoms with van der Waals surface area (Å²) in [6.45, 7) is 3.68. The van der Waals surface area contributed by atoms with Crippen molar-refractivity contribution in [1.82, 2.24) is 0 Å². The summed E-state index contributed by atoms with van der Waals surface area (Å²) < 4.78 is 1.10. The summed E-state index contributed by atoms with van der Waals surface area (Å²) in [5, 5.41) is 0. The van der Waals surface area contributed by atoms with E-state index in [0.717, 1.165) is 14.7 Å². The number of rotatable bonds is 1. The van der Waals surface area contributed by atoms with Crippen molar-refractivity contribution in [2.45, 2.75) is 0 Å². The number of terminal acetylenes is 1. The maximum atomic E-state index is 5.32. The smallest absolute Gasteiger partial charge is 0.0448 e. The van der Waals surface area contributed by atoms with Crippen LogP contribution in [0.5, 0.6) is 0 Å². The molecule has 0 aliphatic heterocycles. The highest BCUT2D eigenvalue weighted by Crippen LogP contribution is 2.16. The van der Waals surface area contributed by atoms with Crippen molar-refractivity contribution in [3.63, 3.8) is 0 Å². The molecule has 0 saturated carbocycles. The van der Waals surface area contributed by atoms with Gasteiger partial charge in [0.15, 0.2) is 0 Å². The van der Waals surface area contributed by atoms with E-state index in [1.807, 2.05) is 18.2 Å². The Kier molecular flexibility index (Phi) is 2.72. The van der Waals surface area contributed by atoms with Crippen molar-refractivity contribution >= 4 is 28.7 Å². The lowest BCUT2D eigenvalue weighted by Crippen LogP contribution is -1.84. The minimum atomic E-state index is 0.933. The molecule has 0 atom stereocenters. The molecule has 11 heavy (non-hydrogen) atoms. The monoisotopic (exact) mass is 254 g/mol. The minimum Gasteiger partial charge on any atom is -0.115 e. The van der Waals surface area contributed by atoms with Gasteiger partial charge in [-0.05, 0) is 34.2 Å². The third kappa shape index (κ3) is 1.63. The molecule has 0 fully saturated rings. The third-order valence-electron chi connectivity index (χ3n) is 1.41. The van der Waals surface area contributed by atoms with Crippen LogP contribution in [0.3, 0.4) is 0 Å². The van der Waals surface area contributed by atoms with Gasteiger partial charge in [0, 0.05) is 9.13 Å². The number of hydrogen-bond acceptors (Lipinski definition) is 0. The molecule has 0 N–H and O–H groups in total. The molecule has 0 bridgehead atoms. The highest BCUT2D eigenvalue weighted by Gasteiger charge is 1.98. The van der Waals surface area contributed by atoms with Gasteiger partial charge in [0.05, 0.1) is 0 Å². The number of hydrogen-bond donors (Lipinski definition) is 0. The first-order valence-corrected chi connectivity index (χ1v) is 4.25. The molecule has 0 aliphatic carbocycles. The van der Waals surface area contributed by atoms with E-state index in [0.29, 0.717) is 0 Å². The van der Waals surface area contributed by atoms with Gasteiger partial charge in [0.1, 0.15) is 0 Å². The van der Waals surface area contributed by atoms with Crippen molar-refractivity contribution in [2.75, 3.05) is 0 Å². The summed E-state index contributed by atoms with van der Waals surface area (Å²) in [5.41, 5.74) is 1.96. The van der Waals surface area contributed by atoms with E-state index >= 15 is 0 Å². The van der Waals surface area contributed by atoms with Gasteiger partial charge in [-0.25, -0.2) is 0 Å². The van der Waals surface area contributed by atoms with E-state index in [9.17, 15) is 0 Å². The maximum absolute atomic E-state index is 5.32. The van der Waals surface area contributed by atoms with Crippen LogP contribution >= 0.6 is 22.6 Å². The first kappa shape index (κ1) is 8.35. The van der Waals surface area contributed by atoms with Gasteiger partial charge >= 0.3 is 0 Å². The van der Waals surface area contributed by atoms with E-state index in [1.165, 1.54) is 0 Å². The van der Waals surface area contributed by atoms with Crippen molar-refractivity contribution in [2.24, 2.45) is 0 Å². The lowest BCUT2D eigenvalue weighted by Gasteiger charge is -1.99. The van der Waals surface area contributed by atoms with Gasteiger partial charge in [0.25, 0.3) is 0 Å². The van der Waals surface area contributed by atoms with Crippen LogP contribution in [0.1, 0.15) is 11.1 Å². The van der Waals surface area contributed by atoms with Crippen molar-refractivity contribution in [1.29, 1.82) is 0 Å². The van der Waals surface area contributed by atoms with E-state index in [1.54, 1.807) is 6.08 Å². The summed E-state index contributed by atoms with van der Waals surface area (Å²) in [6, 6.07) is 5.92. The quantitative estimate of drug-likeness (QED) is 0.534. The SMILES string of the molecule is C#Cc1c(I)cccc1C=C. The highest BCUT2D eigenvalue weighted by molar-refractivity contribution is 14.1. The lowest BCUT2D eigenvalue weighted by atomic mass is 10.1. The van der Waals surface area contributed by atoms with E-state index in [-0.39, 0.29) is 0 Å². The standard InChI is InChI=1S/C10H7I/c1-3-8-6-5-7-10(11)9(8)4-2/h2-3,5-7H,1H2. The Morgan fingerprint density at radius 2 is 2.27 bits per heavy atom. The molecule has 0 radical (unpaired) electrons. The molecular formula is C10H7I. The molecule has 1 heteroatoms. The Bertz CT molecular complexity index is 318. The average Bonchev–Trinajstić information content (AvgIpc) is 2.04. The molecule has 1 rings (SSSR count). The van der Waals surface area contributed by atoms with E-state index in [2.05, 4.69) is 35.1 Å². The van der Waals surface area contributed by atoms with Gasteiger partial charge in [-0.2, -0.15) is 0 Å². The average molecular weight is 254 g/mol. The summed E-state index contributed by atoms with van der Waals surface area (Å²) in [4.78, 5) is 0. The molecule has 1 aromatic carbocycles. The number of halogens is 1. The Morgan fingerprint density at radius 1 is 1.55 bits per heavy atom. The fraction of sp³-hybridized carbons (Fsp3) is 0. The first-order valence-electron chi connectivity index (χ1n) is 3.17. The fourth-order valence-corrected chi connectivity index (χ4v) is 1.54. The van der Waals surface area contributed by atoms with Crippen LogP contribution in [-0.4, -0.2) is 0 Å². The van der Waals surface area contributed by atoms with E-state index < -0.39 is 0 Å².